The lowest BCUT2D eigenvalue weighted by Crippen LogP contribution is -2.21. The van der Waals surface area contributed by atoms with E-state index in [9.17, 15) is 0 Å². The van der Waals surface area contributed by atoms with E-state index in [2.05, 4.69) is 61.5 Å². The van der Waals surface area contributed by atoms with Crippen LogP contribution in [0.2, 0.25) is 0 Å². The molecule has 0 bridgehead atoms. The summed E-state index contributed by atoms with van der Waals surface area (Å²) in [7, 11) is 3.26. The SMILES string of the molecule is COc1cc2ncnc(N(CCc3ccccc3)c3ccc4[nH]ncc4c3)c2cc1OC. The van der Waals surface area contributed by atoms with Crippen LogP contribution in [0.15, 0.2) is 73.2 Å². The van der Waals surface area contributed by atoms with Crippen LogP contribution in [0.5, 0.6) is 11.5 Å². The fraction of sp³-hybridized carbons (Fsp3) is 0.160. The molecule has 0 atom stereocenters. The molecule has 0 aliphatic carbocycles. The second-order valence-electron chi connectivity index (χ2n) is 7.45. The van der Waals surface area contributed by atoms with Crippen LogP contribution in [0.4, 0.5) is 11.5 Å². The molecule has 0 amide bonds. The number of hydrogen-bond donors (Lipinski definition) is 1. The van der Waals surface area contributed by atoms with Gasteiger partial charge in [0.15, 0.2) is 11.5 Å². The number of ether oxygens (including phenoxy) is 2. The molecule has 0 radical (unpaired) electrons. The molecule has 0 unspecified atom stereocenters. The van der Waals surface area contributed by atoms with Gasteiger partial charge in [-0.1, -0.05) is 30.3 Å². The second-order valence-corrected chi connectivity index (χ2v) is 7.45. The second kappa shape index (κ2) is 8.55. The first-order chi connectivity index (χ1) is 15.8. The predicted molar refractivity (Wildman–Crippen MR) is 126 cm³/mol. The van der Waals surface area contributed by atoms with Gasteiger partial charge in [0.25, 0.3) is 0 Å². The summed E-state index contributed by atoms with van der Waals surface area (Å²) in [5.41, 5.74) is 4.08. The lowest BCUT2D eigenvalue weighted by molar-refractivity contribution is 0.356. The summed E-state index contributed by atoms with van der Waals surface area (Å²) in [5, 5.41) is 9.12. The van der Waals surface area contributed by atoms with E-state index < -0.39 is 0 Å². The summed E-state index contributed by atoms with van der Waals surface area (Å²) in [6.07, 6.45) is 4.29. The van der Waals surface area contributed by atoms with E-state index in [0.29, 0.717) is 11.5 Å². The van der Waals surface area contributed by atoms with Crippen molar-refractivity contribution in [2.24, 2.45) is 0 Å². The average molecular weight is 425 g/mol. The van der Waals surface area contributed by atoms with Crippen molar-refractivity contribution in [3.05, 3.63) is 78.8 Å². The zero-order valence-electron chi connectivity index (χ0n) is 17.9. The Labute approximate surface area is 185 Å². The molecule has 2 aromatic heterocycles. The van der Waals surface area contributed by atoms with Crippen molar-refractivity contribution in [1.29, 1.82) is 0 Å². The normalized spacial score (nSPS) is 11.1. The number of nitrogens with one attached hydrogen (secondary N) is 1. The number of rotatable bonds is 7. The summed E-state index contributed by atoms with van der Waals surface area (Å²) in [6.45, 7) is 0.744. The fourth-order valence-electron chi connectivity index (χ4n) is 3.93. The number of hydrogen-bond acceptors (Lipinski definition) is 6. The number of methoxy groups -OCH3 is 2. The highest BCUT2D eigenvalue weighted by Gasteiger charge is 2.18. The highest BCUT2D eigenvalue weighted by atomic mass is 16.5. The van der Waals surface area contributed by atoms with E-state index >= 15 is 0 Å². The number of aromatic amines is 1. The molecule has 1 N–H and O–H groups in total. The van der Waals surface area contributed by atoms with E-state index in [4.69, 9.17) is 9.47 Å². The highest BCUT2D eigenvalue weighted by Crippen LogP contribution is 2.37. The molecular weight excluding hydrogens is 402 g/mol. The third-order valence-electron chi connectivity index (χ3n) is 5.58. The predicted octanol–water partition coefficient (Wildman–Crippen LogP) is 4.90. The van der Waals surface area contributed by atoms with Gasteiger partial charge in [0.2, 0.25) is 0 Å². The number of benzene rings is 3. The Morgan fingerprint density at radius 1 is 0.906 bits per heavy atom. The molecule has 0 saturated carbocycles. The van der Waals surface area contributed by atoms with E-state index in [0.717, 1.165) is 46.3 Å². The molecule has 0 aliphatic heterocycles. The Morgan fingerprint density at radius 2 is 1.72 bits per heavy atom. The minimum absolute atomic E-state index is 0.639. The maximum Gasteiger partial charge on any atom is 0.162 e. The number of H-pyrrole nitrogens is 1. The fourth-order valence-corrected chi connectivity index (χ4v) is 3.93. The monoisotopic (exact) mass is 425 g/mol. The highest BCUT2D eigenvalue weighted by molar-refractivity contribution is 5.94. The maximum absolute atomic E-state index is 5.55. The minimum Gasteiger partial charge on any atom is -0.493 e. The summed E-state index contributed by atoms with van der Waals surface area (Å²) >= 11 is 0. The van der Waals surface area contributed by atoms with Crippen molar-refractivity contribution in [2.45, 2.75) is 6.42 Å². The molecule has 0 saturated heterocycles. The maximum atomic E-state index is 5.55. The lowest BCUT2D eigenvalue weighted by atomic mass is 10.1. The Bertz CT molecular complexity index is 1370. The summed E-state index contributed by atoms with van der Waals surface area (Å²) < 4.78 is 11.0. The molecule has 5 aromatic rings. The van der Waals surface area contributed by atoms with Crippen LogP contribution in [0.3, 0.4) is 0 Å². The van der Waals surface area contributed by atoms with Crippen molar-refractivity contribution < 1.29 is 9.47 Å². The zero-order chi connectivity index (χ0) is 21.9. The topological polar surface area (TPSA) is 76.2 Å². The first-order valence-electron chi connectivity index (χ1n) is 10.4. The number of fused-ring (bicyclic) bond motifs is 2. The summed E-state index contributed by atoms with van der Waals surface area (Å²) in [6, 6.07) is 20.5. The molecular formula is C25H23N5O2. The van der Waals surface area contributed by atoms with Crippen LogP contribution < -0.4 is 14.4 Å². The van der Waals surface area contributed by atoms with Gasteiger partial charge in [0.05, 0.1) is 31.4 Å². The van der Waals surface area contributed by atoms with Crippen LogP contribution in [-0.4, -0.2) is 40.9 Å². The number of nitrogens with zero attached hydrogens (tertiary/aromatic N) is 4. The first kappa shape index (κ1) is 19.8. The van der Waals surface area contributed by atoms with E-state index in [-0.39, 0.29) is 0 Å². The van der Waals surface area contributed by atoms with Crippen molar-refractivity contribution in [3.63, 3.8) is 0 Å². The van der Waals surface area contributed by atoms with Crippen LogP contribution >= 0.6 is 0 Å². The van der Waals surface area contributed by atoms with Crippen LogP contribution in [0, 0.1) is 0 Å². The van der Waals surface area contributed by atoms with E-state index in [1.54, 1.807) is 20.5 Å². The van der Waals surface area contributed by atoms with Gasteiger partial charge >= 0.3 is 0 Å². The van der Waals surface area contributed by atoms with Gasteiger partial charge in [-0.25, -0.2) is 9.97 Å². The molecule has 7 heteroatoms. The van der Waals surface area contributed by atoms with Gasteiger partial charge in [0.1, 0.15) is 12.1 Å². The van der Waals surface area contributed by atoms with Crippen molar-refractivity contribution >= 4 is 33.3 Å². The molecule has 5 rings (SSSR count). The molecule has 0 aliphatic rings. The Morgan fingerprint density at radius 3 is 2.53 bits per heavy atom. The Hall–Kier alpha value is -4.13. The van der Waals surface area contributed by atoms with Gasteiger partial charge in [-0.3, -0.25) is 5.10 Å². The van der Waals surface area contributed by atoms with Gasteiger partial charge < -0.3 is 14.4 Å². The Balaban J connectivity index is 1.64. The largest absolute Gasteiger partial charge is 0.493 e. The van der Waals surface area contributed by atoms with Crippen molar-refractivity contribution in [3.8, 4) is 11.5 Å². The smallest absolute Gasteiger partial charge is 0.162 e. The van der Waals surface area contributed by atoms with Gasteiger partial charge in [-0.15, -0.1) is 0 Å². The van der Waals surface area contributed by atoms with Gasteiger partial charge in [-0.2, -0.15) is 5.10 Å². The number of anilines is 2. The number of aromatic nitrogens is 4. The molecule has 3 aromatic carbocycles. The van der Waals surface area contributed by atoms with E-state index in [1.165, 1.54) is 5.56 Å². The summed E-state index contributed by atoms with van der Waals surface area (Å²) in [4.78, 5) is 11.4. The lowest BCUT2D eigenvalue weighted by Gasteiger charge is -2.25. The van der Waals surface area contributed by atoms with Crippen LogP contribution in [0.1, 0.15) is 5.56 Å². The van der Waals surface area contributed by atoms with E-state index in [1.807, 2.05) is 30.5 Å². The molecule has 2 heterocycles. The van der Waals surface area contributed by atoms with Crippen LogP contribution in [-0.2, 0) is 6.42 Å². The molecule has 0 fully saturated rings. The third kappa shape index (κ3) is 3.69. The quantitative estimate of drug-likeness (QED) is 0.400. The standard InChI is InChI=1S/C25H23N5O2/c1-31-23-13-20-22(14-24(23)32-2)26-16-27-25(20)30(11-10-17-6-4-3-5-7-17)19-8-9-21-18(12-19)15-28-29-21/h3-9,12-16H,10-11H2,1-2H3,(H,28,29). The molecule has 32 heavy (non-hydrogen) atoms. The third-order valence-corrected chi connectivity index (χ3v) is 5.58. The van der Waals surface area contributed by atoms with Gasteiger partial charge in [0, 0.05) is 29.1 Å². The molecule has 7 nitrogen and oxygen atoms in total. The van der Waals surface area contributed by atoms with Crippen molar-refractivity contribution in [1.82, 2.24) is 20.2 Å². The van der Waals surface area contributed by atoms with Gasteiger partial charge in [-0.05, 0) is 36.2 Å². The molecule has 0 spiro atoms. The summed E-state index contributed by atoms with van der Waals surface area (Å²) in [5.74, 6) is 2.10. The first-order valence-corrected chi connectivity index (χ1v) is 10.4. The zero-order valence-corrected chi connectivity index (χ0v) is 17.9. The minimum atomic E-state index is 0.639. The molecule has 160 valence electrons. The Kier molecular flexibility index (Phi) is 5.29. The van der Waals surface area contributed by atoms with Crippen molar-refractivity contribution in [2.75, 3.05) is 25.7 Å². The van der Waals surface area contributed by atoms with Crippen LogP contribution in [0.25, 0.3) is 21.8 Å². The average Bonchev–Trinajstić information content (AvgIpc) is 3.32.